The first-order chi connectivity index (χ1) is 14.2. The molecule has 7 heteroatoms. The molecular weight excluding hydrogens is 384 g/mol. The fourth-order valence-corrected chi connectivity index (χ4v) is 3.55. The number of para-hydroxylation sites is 1. The van der Waals surface area contributed by atoms with Crippen LogP contribution in [0, 0.1) is 0 Å². The molecule has 29 heavy (non-hydrogen) atoms. The number of thioether (sulfide) groups is 1. The Morgan fingerprint density at radius 2 is 1.83 bits per heavy atom. The third kappa shape index (κ3) is 4.64. The number of hydrogen-bond donors (Lipinski definition) is 2. The molecule has 6 nitrogen and oxygen atoms in total. The molecule has 2 aromatic carbocycles. The van der Waals surface area contributed by atoms with Crippen molar-refractivity contribution in [2.24, 2.45) is 0 Å². The van der Waals surface area contributed by atoms with Crippen molar-refractivity contribution in [1.29, 1.82) is 0 Å². The topological polar surface area (TPSA) is 80.0 Å². The van der Waals surface area contributed by atoms with Gasteiger partial charge in [0.1, 0.15) is 0 Å². The number of carbonyl (C=O) groups excluding carboxylic acids is 1. The van der Waals surface area contributed by atoms with Gasteiger partial charge in [0.25, 0.3) is 5.91 Å². The van der Waals surface area contributed by atoms with Gasteiger partial charge < -0.3 is 10.4 Å². The molecule has 0 unspecified atom stereocenters. The molecule has 144 valence electrons. The number of nitrogens with one attached hydrogen (secondary N) is 1. The molecule has 4 rings (SSSR count). The molecule has 2 N–H and O–H groups in total. The van der Waals surface area contributed by atoms with Crippen LogP contribution in [0.3, 0.4) is 0 Å². The molecule has 0 saturated carbocycles. The monoisotopic (exact) mass is 402 g/mol. The minimum Gasteiger partial charge on any atom is -0.504 e. The van der Waals surface area contributed by atoms with Crippen molar-refractivity contribution >= 4 is 23.4 Å². The second-order valence-electron chi connectivity index (χ2n) is 6.27. The minimum atomic E-state index is -0.465. The molecule has 0 aliphatic heterocycles. The van der Waals surface area contributed by atoms with E-state index in [9.17, 15) is 9.90 Å². The van der Waals surface area contributed by atoms with E-state index in [1.54, 1.807) is 18.0 Å². The van der Waals surface area contributed by atoms with Crippen LogP contribution < -0.4 is 5.32 Å². The van der Waals surface area contributed by atoms with E-state index in [4.69, 9.17) is 0 Å². The Morgan fingerprint density at radius 1 is 1.03 bits per heavy atom. The van der Waals surface area contributed by atoms with Crippen LogP contribution in [0.25, 0.3) is 5.69 Å². The minimum absolute atomic E-state index is 0.0242. The molecule has 0 aliphatic rings. The van der Waals surface area contributed by atoms with Gasteiger partial charge in [-0.3, -0.25) is 9.78 Å². The smallest absolute Gasteiger partial charge is 0.280 e. The molecule has 0 spiro atoms. The second kappa shape index (κ2) is 8.62. The first-order valence-electron chi connectivity index (χ1n) is 8.96. The average Bonchev–Trinajstić information content (AvgIpc) is 3.16. The number of aromatic nitrogens is 3. The van der Waals surface area contributed by atoms with E-state index < -0.39 is 5.91 Å². The summed E-state index contributed by atoms with van der Waals surface area (Å²) < 4.78 is 1.47. The Hall–Kier alpha value is -3.58. The second-order valence-corrected chi connectivity index (χ2v) is 7.32. The molecule has 1 amide bonds. The van der Waals surface area contributed by atoms with Crippen LogP contribution in [0.5, 0.6) is 5.75 Å². The maximum atomic E-state index is 12.5. The number of nitrogens with zero attached hydrogens (tertiary/aromatic N) is 3. The molecule has 0 saturated heterocycles. The molecule has 0 atom stereocenters. The Balaban J connectivity index is 1.40. The summed E-state index contributed by atoms with van der Waals surface area (Å²) in [6.45, 7) is 0. The summed E-state index contributed by atoms with van der Waals surface area (Å²) in [4.78, 5) is 17.7. The predicted octanol–water partition coefficient (Wildman–Crippen LogP) is 4.52. The van der Waals surface area contributed by atoms with Gasteiger partial charge in [0.15, 0.2) is 11.4 Å². The maximum absolute atomic E-state index is 12.5. The van der Waals surface area contributed by atoms with Crippen molar-refractivity contribution in [3.8, 4) is 11.4 Å². The first-order valence-corrected chi connectivity index (χ1v) is 9.95. The van der Waals surface area contributed by atoms with Crippen molar-refractivity contribution in [3.63, 3.8) is 0 Å². The van der Waals surface area contributed by atoms with Crippen LogP contribution in [0.2, 0.25) is 0 Å². The number of anilines is 1. The first kappa shape index (κ1) is 18.8. The Bertz CT molecular complexity index is 1100. The Kier molecular flexibility index (Phi) is 5.58. The number of rotatable bonds is 6. The Labute approximate surface area is 172 Å². The van der Waals surface area contributed by atoms with E-state index >= 15 is 0 Å². The quantitative estimate of drug-likeness (QED) is 0.464. The van der Waals surface area contributed by atoms with Gasteiger partial charge >= 0.3 is 0 Å². The van der Waals surface area contributed by atoms with Gasteiger partial charge in [0.2, 0.25) is 0 Å². The third-order valence-corrected chi connectivity index (χ3v) is 5.25. The number of pyridine rings is 1. The number of benzene rings is 2. The van der Waals surface area contributed by atoms with Gasteiger partial charge in [-0.1, -0.05) is 24.3 Å². The summed E-state index contributed by atoms with van der Waals surface area (Å²) in [5, 5.41) is 17.1. The summed E-state index contributed by atoms with van der Waals surface area (Å²) in [6.07, 6.45) is 5.03. The molecule has 4 aromatic rings. The summed E-state index contributed by atoms with van der Waals surface area (Å²) in [6, 6.07) is 20.8. The summed E-state index contributed by atoms with van der Waals surface area (Å²) in [7, 11) is 0. The predicted molar refractivity (Wildman–Crippen MR) is 113 cm³/mol. The van der Waals surface area contributed by atoms with Gasteiger partial charge in [-0.15, -0.1) is 11.8 Å². The number of hydrogen-bond acceptors (Lipinski definition) is 5. The van der Waals surface area contributed by atoms with E-state index in [1.165, 1.54) is 10.9 Å². The van der Waals surface area contributed by atoms with E-state index in [2.05, 4.69) is 15.4 Å². The highest BCUT2D eigenvalue weighted by atomic mass is 32.2. The summed E-state index contributed by atoms with van der Waals surface area (Å²) in [5.74, 6) is 0.188. The lowest BCUT2D eigenvalue weighted by Gasteiger charge is -2.06. The van der Waals surface area contributed by atoms with Crippen molar-refractivity contribution < 1.29 is 9.90 Å². The maximum Gasteiger partial charge on any atom is 0.280 e. The standard InChI is InChI=1S/C22H18N4O2S/c27-20-14-26(18-6-2-1-3-7-18)25-21(20)22(28)24-17-8-10-19(11-9-17)29-15-16-5-4-12-23-13-16/h1-14,27H,15H2,(H,24,28). The van der Waals surface area contributed by atoms with E-state index in [0.717, 1.165) is 21.9 Å². The van der Waals surface area contributed by atoms with Crippen molar-refractivity contribution in [2.75, 3.05) is 5.32 Å². The van der Waals surface area contributed by atoms with Gasteiger partial charge in [0.05, 0.1) is 11.9 Å². The van der Waals surface area contributed by atoms with Gasteiger partial charge in [-0.2, -0.15) is 5.10 Å². The van der Waals surface area contributed by atoms with E-state index in [0.29, 0.717) is 5.69 Å². The normalized spacial score (nSPS) is 10.6. The zero-order chi connectivity index (χ0) is 20.1. The van der Waals surface area contributed by atoms with Gasteiger partial charge in [0, 0.05) is 28.7 Å². The molecule has 0 fully saturated rings. The SMILES string of the molecule is O=C(Nc1ccc(SCc2cccnc2)cc1)c1nn(-c2ccccc2)cc1O. The third-order valence-electron chi connectivity index (χ3n) is 4.17. The van der Waals surface area contributed by atoms with Gasteiger partial charge in [-0.25, -0.2) is 4.68 Å². The average molecular weight is 402 g/mol. The van der Waals surface area contributed by atoms with Crippen molar-refractivity contribution in [2.45, 2.75) is 10.6 Å². The van der Waals surface area contributed by atoms with Crippen LogP contribution in [0.4, 0.5) is 5.69 Å². The molecule has 0 aliphatic carbocycles. The zero-order valence-electron chi connectivity index (χ0n) is 15.4. The van der Waals surface area contributed by atoms with Crippen LogP contribution in [0.1, 0.15) is 16.1 Å². The fraction of sp³-hybridized carbons (Fsp3) is 0.0455. The molecule has 2 heterocycles. The molecule has 2 aromatic heterocycles. The molecular formula is C22H18N4O2S. The van der Waals surface area contributed by atoms with Crippen LogP contribution >= 0.6 is 11.8 Å². The lowest BCUT2D eigenvalue weighted by Crippen LogP contribution is -2.13. The van der Waals surface area contributed by atoms with Crippen LogP contribution in [-0.4, -0.2) is 25.8 Å². The zero-order valence-corrected chi connectivity index (χ0v) is 16.2. The highest BCUT2D eigenvalue weighted by Crippen LogP contribution is 2.25. The largest absolute Gasteiger partial charge is 0.504 e. The number of amides is 1. The van der Waals surface area contributed by atoms with Gasteiger partial charge in [-0.05, 0) is 48.0 Å². The number of aromatic hydroxyl groups is 1. The fourth-order valence-electron chi connectivity index (χ4n) is 2.71. The van der Waals surface area contributed by atoms with E-state index in [-0.39, 0.29) is 11.4 Å². The van der Waals surface area contributed by atoms with Crippen molar-refractivity contribution in [1.82, 2.24) is 14.8 Å². The molecule has 0 radical (unpaired) electrons. The van der Waals surface area contributed by atoms with Crippen LogP contribution in [-0.2, 0) is 5.75 Å². The Morgan fingerprint density at radius 3 is 2.55 bits per heavy atom. The lowest BCUT2D eigenvalue weighted by atomic mass is 10.3. The number of carbonyl (C=O) groups is 1. The highest BCUT2D eigenvalue weighted by molar-refractivity contribution is 7.98. The molecule has 0 bridgehead atoms. The van der Waals surface area contributed by atoms with E-state index in [1.807, 2.05) is 72.9 Å². The summed E-state index contributed by atoms with van der Waals surface area (Å²) in [5.41, 5.74) is 2.52. The summed E-state index contributed by atoms with van der Waals surface area (Å²) >= 11 is 1.69. The lowest BCUT2D eigenvalue weighted by molar-refractivity contribution is 0.101. The van der Waals surface area contributed by atoms with Crippen molar-refractivity contribution in [3.05, 3.63) is 96.6 Å². The van der Waals surface area contributed by atoms with Crippen LogP contribution in [0.15, 0.2) is 90.2 Å². The highest BCUT2D eigenvalue weighted by Gasteiger charge is 2.17.